The number of nitrogens with zero attached hydrogens (tertiary/aromatic N) is 5. The lowest BCUT2D eigenvalue weighted by atomic mass is 10.1. The molecule has 0 unspecified atom stereocenters. The van der Waals surface area contributed by atoms with Crippen molar-refractivity contribution in [3.63, 3.8) is 0 Å². The van der Waals surface area contributed by atoms with E-state index in [0.717, 1.165) is 34.5 Å². The van der Waals surface area contributed by atoms with Gasteiger partial charge in [-0.15, -0.1) is 0 Å². The van der Waals surface area contributed by atoms with Crippen LogP contribution >= 0.6 is 0 Å². The number of aryl methyl sites for hydroxylation is 2. The lowest BCUT2D eigenvalue weighted by Crippen LogP contribution is -2.13. The van der Waals surface area contributed by atoms with E-state index < -0.39 is 0 Å². The highest BCUT2D eigenvalue weighted by molar-refractivity contribution is 5.51. The predicted molar refractivity (Wildman–Crippen MR) is 85.0 cm³/mol. The summed E-state index contributed by atoms with van der Waals surface area (Å²) < 4.78 is 1.83. The zero-order valence-electron chi connectivity index (χ0n) is 13.5. The normalized spacial score (nSPS) is 13.0. The largest absolute Gasteiger partial charge is 0.360 e. The van der Waals surface area contributed by atoms with Gasteiger partial charge in [0.1, 0.15) is 11.6 Å². The van der Waals surface area contributed by atoms with Gasteiger partial charge in [0, 0.05) is 17.8 Å². The third-order valence-electron chi connectivity index (χ3n) is 3.53. The van der Waals surface area contributed by atoms with Crippen LogP contribution in [0, 0.1) is 13.8 Å². The number of H-pyrrole nitrogens is 1. The molecule has 22 heavy (non-hydrogen) atoms. The van der Waals surface area contributed by atoms with Crippen LogP contribution < -0.4 is 5.32 Å². The van der Waals surface area contributed by atoms with Gasteiger partial charge in [0.25, 0.3) is 0 Å². The van der Waals surface area contributed by atoms with Gasteiger partial charge < -0.3 is 5.32 Å². The van der Waals surface area contributed by atoms with Gasteiger partial charge in [0.15, 0.2) is 11.5 Å². The molecular weight excluding hydrogens is 278 g/mol. The highest BCUT2D eigenvalue weighted by atomic mass is 15.3. The fourth-order valence-corrected chi connectivity index (χ4v) is 2.35. The smallest absolute Gasteiger partial charge is 0.172 e. The summed E-state index contributed by atoms with van der Waals surface area (Å²) in [5, 5.41) is 15.0. The van der Waals surface area contributed by atoms with Gasteiger partial charge in [0.2, 0.25) is 0 Å². The molecule has 0 amide bonds. The van der Waals surface area contributed by atoms with Crippen molar-refractivity contribution in [3.05, 3.63) is 35.2 Å². The number of hydrogen-bond acceptors (Lipinski definition) is 5. The summed E-state index contributed by atoms with van der Waals surface area (Å²) in [4.78, 5) is 9.04. The number of rotatable bonds is 4. The lowest BCUT2D eigenvalue weighted by Gasteiger charge is -2.15. The molecule has 1 atom stereocenters. The van der Waals surface area contributed by atoms with E-state index in [9.17, 15) is 0 Å². The van der Waals surface area contributed by atoms with Crippen molar-refractivity contribution in [2.24, 2.45) is 0 Å². The number of aromatic amines is 1. The van der Waals surface area contributed by atoms with E-state index >= 15 is 0 Å². The van der Waals surface area contributed by atoms with Crippen molar-refractivity contribution in [2.45, 2.75) is 46.6 Å². The number of anilines is 1. The van der Waals surface area contributed by atoms with Crippen LogP contribution in [-0.2, 0) is 0 Å². The minimum Gasteiger partial charge on any atom is -0.360 e. The second kappa shape index (κ2) is 5.40. The second-order valence-corrected chi connectivity index (χ2v) is 5.92. The maximum absolute atomic E-state index is 4.66. The molecule has 0 spiro atoms. The van der Waals surface area contributed by atoms with E-state index in [4.69, 9.17) is 0 Å². The topological polar surface area (TPSA) is 83.8 Å². The van der Waals surface area contributed by atoms with Crippen LogP contribution in [0.25, 0.3) is 5.65 Å². The Balaban J connectivity index is 2.01. The fourth-order valence-electron chi connectivity index (χ4n) is 2.35. The van der Waals surface area contributed by atoms with Gasteiger partial charge >= 0.3 is 0 Å². The van der Waals surface area contributed by atoms with Crippen LogP contribution in [0.2, 0.25) is 0 Å². The molecule has 116 valence electrons. The molecule has 0 radical (unpaired) electrons. The first kappa shape index (κ1) is 14.5. The molecule has 3 aromatic rings. The van der Waals surface area contributed by atoms with Gasteiger partial charge in [-0.05, 0) is 26.7 Å². The Morgan fingerprint density at radius 3 is 2.55 bits per heavy atom. The average Bonchev–Trinajstić information content (AvgIpc) is 3.03. The van der Waals surface area contributed by atoms with E-state index in [1.54, 1.807) is 0 Å². The molecule has 0 fully saturated rings. The first-order valence-corrected chi connectivity index (χ1v) is 7.47. The summed E-state index contributed by atoms with van der Waals surface area (Å²) in [5.74, 6) is 2.79. The minimum atomic E-state index is -0.0277. The van der Waals surface area contributed by atoms with Gasteiger partial charge in [0.05, 0.1) is 11.7 Å². The molecule has 0 saturated heterocycles. The van der Waals surface area contributed by atoms with Gasteiger partial charge in [-0.2, -0.15) is 14.7 Å². The maximum atomic E-state index is 4.66. The zero-order valence-corrected chi connectivity index (χ0v) is 13.5. The molecule has 0 aliphatic heterocycles. The Morgan fingerprint density at radius 1 is 1.14 bits per heavy atom. The van der Waals surface area contributed by atoms with Crippen molar-refractivity contribution in [1.29, 1.82) is 0 Å². The molecule has 2 N–H and O–H groups in total. The van der Waals surface area contributed by atoms with E-state index in [-0.39, 0.29) is 6.04 Å². The number of aromatic nitrogens is 6. The predicted octanol–water partition coefficient (Wildman–Crippen LogP) is 2.76. The standard InChI is InChI=1S/C15H21N7/c1-8(2)12-7-14(22-13(18-12)6-9(3)21-22)16-10(4)15-17-11(5)19-20-15/h6-8,10,16H,1-5H3,(H,17,19,20)/t10-/m0/s1. The molecular formula is C15H21N7. The van der Waals surface area contributed by atoms with E-state index in [1.165, 1.54) is 0 Å². The van der Waals surface area contributed by atoms with Gasteiger partial charge in [-0.25, -0.2) is 9.97 Å². The van der Waals surface area contributed by atoms with Crippen molar-refractivity contribution >= 4 is 11.5 Å². The summed E-state index contributed by atoms with van der Waals surface area (Å²) in [7, 11) is 0. The van der Waals surface area contributed by atoms with Crippen molar-refractivity contribution < 1.29 is 0 Å². The van der Waals surface area contributed by atoms with Crippen LogP contribution in [0.1, 0.15) is 55.8 Å². The van der Waals surface area contributed by atoms with Gasteiger partial charge in [-0.1, -0.05) is 13.8 Å². The Morgan fingerprint density at radius 2 is 1.91 bits per heavy atom. The van der Waals surface area contributed by atoms with E-state index in [1.807, 2.05) is 37.4 Å². The summed E-state index contributed by atoms with van der Waals surface area (Å²) in [6.45, 7) is 10.2. The summed E-state index contributed by atoms with van der Waals surface area (Å²) >= 11 is 0. The first-order valence-electron chi connectivity index (χ1n) is 7.47. The zero-order chi connectivity index (χ0) is 15.9. The van der Waals surface area contributed by atoms with Crippen LogP contribution in [0.5, 0.6) is 0 Å². The SMILES string of the molecule is Cc1cc2nc(C(C)C)cc(N[C@@H](C)c3n[nH]c(C)n3)n2n1. The Labute approximate surface area is 129 Å². The summed E-state index contributed by atoms with van der Waals surface area (Å²) in [6.07, 6.45) is 0. The van der Waals surface area contributed by atoms with Crippen molar-refractivity contribution in [2.75, 3.05) is 5.32 Å². The van der Waals surface area contributed by atoms with Crippen LogP contribution in [0.4, 0.5) is 5.82 Å². The molecule has 0 aliphatic carbocycles. The highest BCUT2D eigenvalue weighted by Gasteiger charge is 2.15. The molecule has 3 aromatic heterocycles. The summed E-state index contributed by atoms with van der Waals surface area (Å²) in [5.41, 5.74) is 2.83. The molecule has 7 heteroatoms. The Hall–Kier alpha value is -2.44. The molecule has 0 bridgehead atoms. The molecule has 3 heterocycles. The molecule has 3 rings (SSSR count). The minimum absolute atomic E-state index is 0.0277. The Kier molecular flexibility index (Phi) is 3.56. The number of fused-ring (bicyclic) bond motifs is 1. The quantitative estimate of drug-likeness (QED) is 0.774. The van der Waals surface area contributed by atoms with Crippen molar-refractivity contribution in [3.8, 4) is 0 Å². The maximum Gasteiger partial charge on any atom is 0.172 e. The third kappa shape index (κ3) is 2.66. The Bertz CT molecular complexity index is 799. The highest BCUT2D eigenvalue weighted by Crippen LogP contribution is 2.22. The fraction of sp³-hybridized carbons (Fsp3) is 0.467. The average molecular weight is 299 g/mol. The molecule has 7 nitrogen and oxygen atoms in total. The molecule has 0 aromatic carbocycles. The van der Waals surface area contributed by atoms with Crippen LogP contribution in [-0.4, -0.2) is 29.8 Å². The third-order valence-corrected chi connectivity index (χ3v) is 3.53. The monoisotopic (exact) mass is 299 g/mol. The van der Waals surface area contributed by atoms with Crippen LogP contribution in [0.3, 0.4) is 0 Å². The first-order chi connectivity index (χ1) is 10.4. The van der Waals surface area contributed by atoms with Crippen molar-refractivity contribution in [1.82, 2.24) is 29.8 Å². The lowest BCUT2D eigenvalue weighted by molar-refractivity contribution is 0.763. The second-order valence-electron chi connectivity index (χ2n) is 5.92. The molecule has 0 saturated carbocycles. The van der Waals surface area contributed by atoms with E-state index in [2.05, 4.69) is 44.4 Å². The summed E-state index contributed by atoms with van der Waals surface area (Å²) in [6, 6.07) is 4.00. The van der Waals surface area contributed by atoms with E-state index in [0.29, 0.717) is 5.92 Å². The molecule has 0 aliphatic rings. The van der Waals surface area contributed by atoms with Crippen LogP contribution in [0.15, 0.2) is 12.1 Å². The van der Waals surface area contributed by atoms with Gasteiger partial charge in [-0.3, -0.25) is 5.10 Å². The number of hydrogen-bond donors (Lipinski definition) is 2. The number of nitrogens with one attached hydrogen (secondary N) is 2.